The first-order chi connectivity index (χ1) is 11.2. The van der Waals surface area contributed by atoms with Crippen LogP contribution in [0.2, 0.25) is 0 Å². The van der Waals surface area contributed by atoms with Gasteiger partial charge in [0.2, 0.25) is 0 Å². The summed E-state index contributed by atoms with van der Waals surface area (Å²) in [6.45, 7) is 1.88. The summed E-state index contributed by atoms with van der Waals surface area (Å²) in [6.07, 6.45) is 3.66. The Morgan fingerprint density at radius 3 is 2.43 bits per heavy atom. The molecule has 2 heterocycles. The molecule has 5 heteroatoms. The van der Waals surface area contributed by atoms with Crippen molar-refractivity contribution in [1.82, 2.24) is 4.98 Å². The van der Waals surface area contributed by atoms with Crippen molar-refractivity contribution in [2.45, 2.75) is 18.9 Å². The molecular formula is C18H19FN4. The normalized spacial score (nSPS) is 15.3. The number of anilines is 2. The van der Waals surface area contributed by atoms with Gasteiger partial charge in [-0.25, -0.2) is 9.37 Å². The zero-order valence-electron chi connectivity index (χ0n) is 13.1. The van der Waals surface area contributed by atoms with Gasteiger partial charge >= 0.3 is 0 Å². The predicted molar refractivity (Wildman–Crippen MR) is 89.0 cm³/mol. The number of pyridine rings is 1. The molecule has 4 nitrogen and oxygen atoms in total. The molecule has 23 heavy (non-hydrogen) atoms. The molecule has 1 aliphatic rings. The van der Waals surface area contributed by atoms with Crippen molar-refractivity contribution in [1.29, 1.82) is 5.26 Å². The molecule has 0 N–H and O–H groups in total. The maximum Gasteiger partial charge on any atom is 0.128 e. The third-order valence-electron chi connectivity index (χ3n) is 4.44. The van der Waals surface area contributed by atoms with Crippen LogP contribution in [0.5, 0.6) is 0 Å². The van der Waals surface area contributed by atoms with Gasteiger partial charge in [0.15, 0.2) is 0 Å². The molecule has 0 atom stereocenters. The van der Waals surface area contributed by atoms with E-state index in [2.05, 4.69) is 20.9 Å². The maximum absolute atomic E-state index is 13.0. The summed E-state index contributed by atoms with van der Waals surface area (Å²) in [6, 6.07) is 12.9. The van der Waals surface area contributed by atoms with Crippen LogP contribution in [-0.4, -0.2) is 31.2 Å². The van der Waals surface area contributed by atoms with Crippen molar-refractivity contribution in [2.75, 3.05) is 29.9 Å². The average molecular weight is 310 g/mol. The highest BCUT2D eigenvalue weighted by atomic mass is 19.1. The standard InChI is InChI=1S/C18H19FN4/c1-22(18-7-2-14(12-20)13-21-18)16-8-10-23(11-9-16)17-5-3-15(19)4-6-17/h2-7,13,16H,8-11H2,1H3. The summed E-state index contributed by atoms with van der Waals surface area (Å²) < 4.78 is 13.0. The molecule has 0 bridgehead atoms. The van der Waals surface area contributed by atoms with Crippen LogP contribution in [0.25, 0.3) is 0 Å². The van der Waals surface area contributed by atoms with E-state index in [4.69, 9.17) is 5.26 Å². The van der Waals surface area contributed by atoms with Crippen molar-refractivity contribution in [2.24, 2.45) is 0 Å². The molecule has 1 aromatic carbocycles. The first kappa shape index (κ1) is 15.3. The Bertz CT molecular complexity index is 682. The van der Waals surface area contributed by atoms with E-state index < -0.39 is 0 Å². The third kappa shape index (κ3) is 3.42. The van der Waals surface area contributed by atoms with Crippen LogP contribution in [-0.2, 0) is 0 Å². The van der Waals surface area contributed by atoms with Gasteiger partial charge in [-0.05, 0) is 49.2 Å². The topological polar surface area (TPSA) is 43.2 Å². The second-order valence-electron chi connectivity index (χ2n) is 5.82. The number of rotatable bonds is 3. The molecule has 3 rings (SSSR count). The largest absolute Gasteiger partial charge is 0.371 e. The van der Waals surface area contributed by atoms with Gasteiger partial charge in [0.25, 0.3) is 0 Å². The number of nitrogens with zero attached hydrogens (tertiary/aromatic N) is 4. The minimum absolute atomic E-state index is 0.199. The quantitative estimate of drug-likeness (QED) is 0.873. The summed E-state index contributed by atoms with van der Waals surface area (Å²) in [7, 11) is 2.05. The summed E-state index contributed by atoms with van der Waals surface area (Å²) in [5, 5.41) is 8.84. The fraction of sp³-hybridized carbons (Fsp3) is 0.333. The highest BCUT2D eigenvalue weighted by molar-refractivity contribution is 5.47. The predicted octanol–water partition coefficient (Wildman–Crippen LogP) is 3.20. The SMILES string of the molecule is CN(c1ccc(C#N)cn1)C1CCN(c2ccc(F)cc2)CC1. The Hall–Kier alpha value is -2.61. The van der Waals surface area contributed by atoms with Gasteiger partial charge in [-0.1, -0.05) is 0 Å². The lowest BCUT2D eigenvalue weighted by molar-refractivity contribution is 0.480. The number of halogens is 1. The van der Waals surface area contributed by atoms with Crippen molar-refractivity contribution >= 4 is 11.5 Å². The van der Waals surface area contributed by atoms with Gasteiger partial charge in [0.1, 0.15) is 17.7 Å². The summed E-state index contributed by atoms with van der Waals surface area (Å²) in [5.74, 6) is 0.694. The van der Waals surface area contributed by atoms with Crippen LogP contribution in [0, 0.1) is 17.1 Å². The van der Waals surface area contributed by atoms with Gasteiger partial charge in [0, 0.05) is 38.1 Å². The lowest BCUT2D eigenvalue weighted by Gasteiger charge is -2.38. The minimum Gasteiger partial charge on any atom is -0.371 e. The van der Waals surface area contributed by atoms with E-state index in [1.165, 1.54) is 12.1 Å². The highest BCUT2D eigenvalue weighted by Crippen LogP contribution is 2.24. The zero-order valence-corrected chi connectivity index (χ0v) is 13.1. The van der Waals surface area contributed by atoms with E-state index in [-0.39, 0.29) is 5.82 Å². The van der Waals surface area contributed by atoms with Gasteiger partial charge in [-0.3, -0.25) is 0 Å². The minimum atomic E-state index is -0.199. The molecule has 1 aromatic heterocycles. The maximum atomic E-state index is 13.0. The summed E-state index contributed by atoms with van der Waals surface area (Å²) >= 11 is 0. The lowest BCUT2D eigenvalue weighted by atomic mass is 10.0. The molecule has 1 saturated heterocycles. The number of nitriles is 1. The number of benzene rings is 1. The summed E-state index contributed by atoms with van der Waals surface area (Å²) in [4.78, 5) is 8.83. The van der Waals surface area contributed by atoms with Crippen LogP contribution in [0.15, 0.2) is 42.6 Å². The number of piperidine rings is 1. The second-order valence-corrected chi connectivity index (χ2v) is 5.82. The Morgan fingerprint density at radius 1 is 1.17 bits per heavy atom. The zero-order chi connectivity index (χ0) is 16.2. The van der Waals surface area contributed by atoms with Gasteiger partial charge in [0.05, 0.1) is 5.56 Å². The van der Waals surface area contributed by atoms with Crippen LogP contribution in [0.1, 0.15) is 18.4 Å². The van der Waals surface area contributed by atoms with E-state index >= 15 is 0 Å². The third-order valence-corrected chi connectivity index (χ3v) is 4.44. The molecule has 0 amide bonds. The first-order valence-corrected chi connectivity index (χ1v) is 7.77. The molecule has 0 saturated carbocycles. The number of hydrogen-bond acceptors (Lipinski definition) is 4. The Labute approximate surface area is 135 Å². The Balaban J connectivity index is 1.61. The van der Waals surface area contributed by atoms with E-state index in [1.807, 2.05) is 25.2 Å². The molecule has 0 unspecified atom stereocenters. The number of hydrogen-bond donors (Lipinski definition) is 0. The van der Waals surface area contributed by atoms with Crippen molar-refractivity contribution < 1.29 is 4.39 Å². The molecule has 2 aromatic rings. The molecule has 0 spiro atoms. The lowest BCUT2D eigenvalue weighted by Crippen LogP contribution is -2.43. The smallest absolute Gasteiger partial charge is 0.128 e. The number of aromatic nitrogens is 1. The molecule has 1 aliphatic heterocycles. The van der Waals surface area contributed by atoms with Crippen molar-refractivity contribution in [3.8, 4) is 6.07 Å². The highest BCUT2D eigenvalue weighted by Gasteiger charge is 2.23. The molecule has 0 aliphatic carbocycles. The van der Waals surface area contributed by atoms with Crippen molar-refractivity contribution in [3.63, 3.8) is 0 Å². The van der Waals surface area contributed by atoms with E-state index in [0.29, 0.717) is 11.6 Å². The Morgan fingerprint density at radius 2 is 1.87 bits per heavy atom. The van der Waals surface area contributed by atoms with Crippen LogP contribution in [0.3, 0.4) is 0 Å². The monoisotopic (exact) mass is 310 g/mol. The molecule has 1 fully saturated rings. The summed E-state index contributed by atoms with van der Waals surface area (Å²) in [5.41, 5.74) is 1.65. The average Bonchev–Trinajstić information content (AvgIpc) is 2.62. The van der Waals surface area contributed by atoms with E-state index in [9.17, 15) is 4.39 Å². The van der Waals surface area contributed by atoms with Crippen molar-refractivity contribution in [3.05, 3.63) is 54.0 Å². The first-order valence-electron chi connectivity index (χ1n) is 7.77. The fourth-order valence-corrected chi connectivity index (χ4v) is 3.01. The van der Waals surface area contributed by atoms with Gasteiger partial charge in [-0.15, -0.1) is 0 Å². The molecule has 118 valence electrons. The molecule has 0 radical (unpaired) electrons. The van der Waals surface area contributed by atoms with Crippen LogP contribution in [0.4, 0.5) is 15.9 Å². The van der Waals surface area contributed by atoms with Crippen LogP contribution >= 0.6 is 0 Å². The van der Waals surface area contributed by atoms with Gasteiger partial charge < -0.3 is 9.80 Å². The van der Waals surface area contributed by atoms with Crippen LogP contribution < -0.4 is 9.80 Å². The second kappa shape index (κ2) is 6.66. The van der Waals surface area contributed by atoms with E-state index in [0.717, 1.165) is 37.4 Å². The van der Waals surface area contributed by atoms with Gasteiger partial charge in [-0.2, -0.15) is 5.26 Å². The fourth-order valence-electron chi connectivity index (χ4n) is 3.01. The van der Waals surface area contributed by atoms with E-state index in [1.54, 1.807) is 12.3 Å². The molecular weight excluding hydrogens is 291 g/mol. The Kier molecular flexibility index (Phi) is 4.42.